The van der Waals surface area contributed by atoms with Crippen molar-refractivity contribution in [2.45, 2.75) is 37.8 Å². The van der Waals surface area contributed by atoms with Crippen molar-refractivity contribution < 1.29 is 13.9 Å². The van der Waals surface area contributed by atoms with E-state index in [-0.39, 0.29) is 18.1 Å². The summed E-state index contributed by atoms with van der Waals surface area (Å²) < 4.78 is 13.1. The molecule has 1 aliphatic heterocycles. The van der Waals surface area contributed by atoms with Crippen molar-refractivity contribution in [2.24, 2.45) is 13.0 Å². The standard InChI is InChI=1S/C16H20N4O3/c1-20-6-5-17-15(20)14-11(4-7-22-14)19-16(21)12-9-23-13(18-12)8-10-2-3-10/h5-6,9-11,14H,2-4,7-8H2,1H3,(H,19,21)/t11-,14-/m0/s1. The molecule has 0 spiro atoms. The number of imidazole rings is 1. The number of hydrogen-bond donors (Lipinski definition) is 1. The molecule has 122 valence electrons. The lowest BCUT2D eigenvalue weighted by Crippen LogP contribution is -2.37. The van der Waals surface area contributed by atoms with Gasteiger partial charge in [0.25, 0.3) is 5.91 Å². The Morgan fingerprint density at radius 1 is 1.43 bits per heavy atom. The van der Waals surface area contributed by atoms with Gasteiger partial charge in [-0.25, -0.2) is 9.97 Å². The second-order valence-electron chi connectivity index (χ2n) is 6.33. The zero-order chi connectivity index (χ0) is 15.8. The summed E-state index contributed by atoms with van der Waals surface area (Å²) in [4.78, 5) is 21.0. The average Bonchev–Trinajstić information content (AvgIpc) is 2.92. The first-order valence-electron chi connectivity index (χ1n) is 8.05. The lowest BCUT2D eigenvalue weighted by Gasteiger charge is -2.19. The van der Waals surface area contributed by atoms with Crippen LogP contribution in [-0.2, 0) is 18.2 Å². The number of nitrogens with one attached hydrogen (secondary N) is 1. The van der Waals surface area contributed by atoms with Crippen molar-refractivity contribution in [1.29, 1.82) is 0 Å². The second kappa shape index (κ2) is 5.81. The maximum absolute atomic E-state index is 12.4. The second-order valence-corrected chi connectivity index (χ2v) is 6.33. The van der Waals surface area contributed by atoms with Gasteiger partial charge in [-0.1, -0.05) is 0 Å². The van der Waals surface area contributed by atoms with Crippen LogP contribution in [0.2, 0.25) is 0 Å². The third-order valence-corrected chi connectivity index (χ3v) is 4.47. The topological polar surface area (TPSA) is 82.2 Å². The van der Waals surface area contributed by atoms with Gasteiger partial charge in [-0.3, -0.25) is 4.79 Å². The minimum Gasteiger partial charge on any atom is -0.448 e. The van der Waals surface area contributed by atoms with Crippen LogP contribution in [-0.4, -0.2) is 33.1 Å². The summed E-state index contributed by atoms with van der Waals surface area (Å²) in [5, 5.41) is 3.00. The summed E-state index contributed by atoms with van der Waals surface area (Å²) in [5.74, 6) is 1.94. The van der Waals surface area contributed by atoms with E-state index in [0.29, 0.717) is 24.1 Å². The Morgan fingerprint density at radius 3 is 3.04 bits per heavy atom. The van der Waals surface area contributed by atoms with Crippen LogP contribution in [0, 0.1) is 5.92 Å². The first-order valence-corrected chi connectivity index (χ1v) is 8.05. The minimum atomic E-state index is -0.225. The Kier molecular flexibility index (Phi) is 3.65. The molecule has 0 radical (unpaired) electrons. The lowest BCUT2D eigenvalue weighted by atomic mass is 10.1. The fraction of sp³-hybridized carbons (Fsp3) is 0.562. The molecular formula is C16H20N4O3. The van der Waals surface area contributed by atoms with Crippen molar-refractivity contribution in [2.75, 3.05) is 6.61 Å². The van der Waals surface area contributed by atoms with Crippen molar-refractivity contribution in [3.8, 4) is 0 Å². The molecule has 23 heavy (non-hydrogen) atoms. The number of ether oxygens (including phenoxy) is 1. The first-order chi connectivity index (χ1) is 11.2. The van der Waals surface area contributed by atoms with E-state index >= 15 is 0 Å². The normalized spacial score (nSPS) is 24.0. The molecule has 2 atom stereocenters. The highest BCUT2D eigenvalue weighted by molar-refractivity contribution is 5.92. The molecule has 0 aromatic carbocycles. The van der Waals surface area contributed by atoms with Crippen LogP contribution in [0.1, 0.15) is 47.6 Å². The molecule has 2 aliphatic rings. The monoisotopic (exact) mass is 316 g/mol. The quantitative estimate of drug-likeness (QED) is 0.906. The number of carbonyl (C=O) groups is 1. The molecular weight excluding hydrogens is 296 g/mol. The molecule has 1 aliphatic carbocycles. The zero-order valence-electron chi connectivity index (χ0n) is 13.1. The summed E-state index contributed by atoms with van der Waals surface area (Å²) in [6.45, 7) is 0.605. The van der Waals surface area contributed by atoms with Crippen LogP contribution in [0.4, 0.5) is 0 Å². The zero-order valence-corrected chi connectivity index (χ0v) is 13.1. The molecule has 2 aromatic heterocycles. The van der Waals surface area contributed by atoms with Gasteiger partial charge in [0.1, 0.15) is 18.2 Å². The van der Waals surface area contributed by atoms with Crippen molar-refractivity contribution in [3.63, 3.8) is 0 Å². The smallest absolute Gasteiger partial charge is 0.273 e. The van der Waals surface area contributed by atoms with E-state index in [0.717, 1.165) is 18.7 Å². The highest BCUT2D eigenvalue weighted by Crippen LogP contribution is 2.32. The van der Waals surface area contributed by atoms with E-state index in [1.807, 2.05) is 17.8 Å². The number of aromatic nitrogens is 3. The Bertz CT molecular complexity index is 704. The Labute approximate surface area is 134 Å². The van der Waals surface area contributed by atoms with E-state index in [4.69, 9.17) is 9.15 Å². The van der Waals surface area contributed by atoms with Gasteiger partial charge in [-0.15, -0.1) is 0 Å². The van der Waals surface area contributed by atoms with Gasteiger partial charge in [-0.05, 0) is 25.2 Å². The average molecular weight is 316 g/mol. The van der Waals surface area contributed by atoms with Crippen LogP contribution in [0.15, 0.2) is 23.1 Å². The molecule has 3 heterocycles. The molecule has 2 aromatic rings. The van der Waals surface area contributed by atoms with E-state index in [2.05, 4.69) is 15.3 Å². The predicted octanol–water partition coefficient (Wildman–Crippen LogP) is 1.62. The number of carbonyl (C=O) groups excluding carboxylic acids is 1. The van der Waals surface area contributed by atoms with Gasteiger partial charge in [0.2, 0.25) is 0 Å². The van der Waals surface area contributed by atoms with Gasteiger partial charge in [-0.2, -0.15) is 0 Å². The maximum Gasteiger partial charge on any atom is 0.273 e. The minimum absolute atomic E-state index is 0.104. The van der Waals surface area contributed by atoms with Crippen molar-refractivity contribution in [3.05, 3.63) is 36.1 Å². The number of nitrogens with zero attached hydrogens (tertiary/aromatic N) is 3. The molecule has 1 amide bonds. The molecule has 1 saturated carbocycles. The molecule has 7 nitrogen and oxygen atoms in total. The molecule has 1 N–H and O–H groups in total. The van der Waals surface area contributed by atoms with E-state index < -0.39 is 0 Å². The Balaban J connectivity index is 1.43. The number of aryl methyl sites for hydroxylation is 1. The van der Waals surface area contributed by atoms with Crippen LogP contribution < -0.4 is 5.32 Å². The summed E-state index contributed by atoms with van der Waals surface area (Å²) in [6, 6.07) is -0.104. The van der Waals surface area contributed by atoms with Crippen LogP contribution in [0.5, 0.6) is 0 Å². The highest BCUT2D eigenvalue weighted by atomic mass is 16.5. The first kappa shape index (κ1) is 14.4. The van der Waals surface area contributed by atoms with E-state index in [1.165, 1.54) is 19.1 Å². The third-order valence-electron chi connectivity index (χ3n) is 4.47. The Hall–Kier alpha value is -2.15. The number of amides is 1. The predicted molar refractivity (Wildman–Crippen MR) is 80.7 cm³/mol. The molecule has 1 saturated heterocycles. The van der Waals surface area contributed by atoms with E-state index in [9.17, 15) is 4.79 Å². The van der Waals surface area contributed by atoms with Gasteiger partial charge < -0.3 is 19.0 Å². The van der Waals surface area contributed by atoms with Crippen molar-refractivity contribution >= 4 is 5.91 Å². The number of rotatable bonds is 5. The Morgan fingerprint density at radius 2 is 2.30 bits per heavy atom. The maximum atomic E-state index is 12.4. The van der Waals surface area contributed by atoms with Crippen LogP contribution in [0.25, 0.3) is 0 Å². The molecule has 7 heteroatoms. The largest absolute Gasteiger partial charge is 0.448 e. The summed E-state index contributed by atoms with van der Waals surface area (Å²) >= 11 is 0. The van der Waals surface area contributed by atoms with Crippen LogP contribution in [0.3, 0.4) is 0 Å². The number of oxazole rings is 1. The molecule has 4 rings (SSSR count). The van der Waals surface area contributed by atoms with Crippen molar-refractivity contribution in [1.82, 2.24) is 19.9 Å². The van der Waals surface area contributed by atoms with Crippen LogP contribution >= 0.6 is 0 Å². The lowest BCUT2D eigenvalue weighted by molar-refractivity contribution is 0.0776. The van der Waals surface area contributed by atoms with E-state index in [1.54, 1.807) is 6.20 Å². The number of hydrogen-bond acceptors (Lipinski definition) is 5. The highest BCUT2D eigenvalue weighted by Gasteiger charge is 2.34. The van der Waals surface area contributed by atoms with Gasteiger partial charge in [0.05, 0.1) is 6.04 Å². The fourth-order valence-corrected chi connectivity index (χ4v) is 2.96. The summed E-state index contributed by atoms with van der Waals surface area (Å²) in [6.07, 6.45) is 8.88. The summed E-state index contributed by atoms with van der Waals surface area (Å²) in [5.41, 5.74) is 0.339. The van der Waals surface area contributed by atoms with Gasteiger partial charge >= 0.3 is 0 Å². The summed E-state index contributed by atoms with van der Waals surface area (Å²) in [7, 11) is 1.92. The molecule has 2 fully saturated rings. The van der Waals surface area contributed by atoms with Gasteiger partial charge in [0.15, 0.2) is 11.6 Å². The van der Waals surface area contributed by atoms with Gasteiger partial charge in [0, 0.05) is 32.5 Å². The SMILES string of the molecule is Cn1ccnc1[C@H]1OCC[C@@H]1NC(=O)c1coc(CC2CC2)n1. The molecule has 0 unspecified atom stereocenters. The molecule has 0 bridgehead atoms. The fourth-order valence-electron chi connectivity index (χ4n) is 2.96. The third kappa shape index (κ3) is 3.01.